The van der Waals surface area contributed by atoms with Crippen LogP contribution >= 0.6 is 0 Å². The second kappa shape index (κ2) is 8.23. The molecule has 0 aliphatic carbocycles. The molecule has 6 nitrogen and oxygen atoms in total. The number of anilines is 1. The highest BCUT2D eigenvalue weighted by Gasteiger charge is 2.31. The zero-order valence-corrected chi connectivity index (χ0v) is 16.2. The van der Waals surface area contributed by atoms with Crippen molar-refractivity contribution in [2.24, 2.45) is 0 Å². The highest BCUT2D eigenvalue weighted by molar-refractivity contribution is 7.92. The Bertz CT molecular complexity index is 853. The van der Waals surface area contributed by atoms with E-state index in [1.165, 1.54) is 4.90 Å². The Morgan fingerprint density at radius 1 is 1.08 bits per heavy atom. The molecule has 2 aromatic rings. The monoisotopic (exact) mass is 376 g/mol. The van der Waals surface area contributed by atoms with Gasteiger partial charge in [-0.1, -0.05) is 36.4 Å². The number of carbonyl (C=O) groups excluding carboxylic acids is 1. The van der Waals surface area contributed by atoms with Crippen molar-refractivity contribution in [1.82, 2.24) is 4.90 Å². The van der Waals surface area contributed by atoms with Crippen LogP contribution in [0, 0.1) is 0 Å². The number of likely N-dealkylation sites (N-methyl/N-ethyl adjacent to an activating group) is 1. The standard InChI is InChI=1S/C19H24N2O4S/c1-15(21(26(4,23)24)17-11-6-5-7-12-17)19(22)20(2)14-16-10-8-9-13-18(16)25-3/h5-13,15H,14H2,1-4H3/t15-/m1/s1. The Kier molecular flexibility index (Phi) is 6.26. The first-order valence-corrected chi connectivity index (χ1v) is 10.0. The number of hydrogen-bond acceptors (Lipinski definition) is 4. The topological polar surface area (TPSA) is 66.9 Å². The Hall–Kier alpha value is -2.54. The fourth-order valence-electron chi connectivity index (χ4n) is 2.86. The van der Waals surface area contributed by atoms with Gasteiger partial charge >= 0.3 is 0 Å². The first-order chi connectivity index (χ1) is 12.3. The lowest BCUT2D eigenvalue weighted by Gasteiger charge is -2.31. The number of carbonyl (C=O) groups is 1. The van der Waals surface area contributed by atoms with Crippen LogP contribution in [0.3, 0.4) is 0 Å². The van der Waals surface area contributed by atoms with Crippen molar-refractivity contribution in [1.29, 1.82) is 0 Å². The predicted molar refractivity (Wildman–Crippen MR) is 103 cm³/mol. The van der Waals surface area contributed by atoms with E-state index in [9.17, 15) is 13.2 Å². The summed E-state index contributed by atoms with van der Waals surface area (Å²) in [5.41, 5.74) is 1.31. The molecule has 0 spiro atoms. The molecular weight excluding hydrogens is 352 g/mol. The zero-order chi connectivity index (χ0) is 19.3. The van der Waals surface area contributed by atoms with Crippen LogP contribution in [0.4, 0.5) is 5.69 Å². The second-order valence-corrected chi connectivity index (χ2v) is 7.94. The van der Waals surface area contributed by atoms with E-state index < -0.39 is 16.1 Å². The van der Waals surface area contributed by atoms with Gasteiger partial charge in [-0.05, 0) is 25.1 Å². The van der Waals surface area contributed by atoms with E-state index in [2.05, 4.69) is 0 Å². The van der Waals surface area contributed by atoms with E-state index in [1.807, 2.05) is 24.3 Å². The van der Waals surface area contributed by atoms with Gasteiger partial charge in [-0.2, -0.15) is 0 Å². The zero-order valence-electron chi connectivity index (χ0n) is 15.4. The number of nitrogens with zero attached hydrogens (tertiary/aromatic N) is 2. The summed E-state index contributed by atoms with van der Waals surface area (Å²) in [4.78, 5) is 14.4. The van der Waals surface area contributed by atoms with Crippen LogP contribution in [-0.4, -0.2) is 45.7 Å². The van der Waals surface area contributed by atoms with Crippen molar-refractivity contribution in [3.8, 4) is 5.75 Å². The van der Waals surface area contributed by atoms with Crippen molar-refractivity contribution < 1.29 is 17.9 Å². The first-order valence-electron chi connectivity index (χ1n) is 8.17. The number of benzene rings is 2. The summed E-state index contributed by atoms with van der Waals surface area (Å²) in [6.45, 7) is 1.91. The number of ether oxygens (including phenoxy) is 1. The van der Waals surface area contributed by atoms with Gasteiger partial charge in [-0.25, -0.2) is 8.42 Å². The van der Waals surface area contributed by atoms with Crippen LogP contribution in [0.15, 0.2) is 54.6 Å². The lowest BCUT2D eigenvalue weighted by atomic mass is 10.1. The van der Waals surface area contributed by atoms with Gasteiger partial charge in [-0.15, -0.1) is 0 Å². The fraction of sp³-hybridized carbons (Fsp3) is 0.316. The third-order valence-electron chi connectivity index (χ3n) is 4.05. The molecule has 1 atom stereocenters. The molecular formula is C19H24N2O4S. The molecule has 140 valence electrons. The van der Waals surface area contributed by atoms with Crippen LogP contribution < -0.4 is 9.04 Å². The van der Waals surface area contributed by atoms with Gasteiger partial charge in [0.2, 0.25) is 15.9 Å². The summed E-state index contributed by atoms with van der Waals surface area (Å²) in [6, 6.07) is 15.2. The lowest BCUT2D eigenvalue weighted by molar-refractivity contribution is -0.131. The van der Waals surface area contributed by atoms with E-state index in [4.69, 9.17) is 4.74 Å². The van der Waals surface area contributed by atoms with Crippen LogP contribution in [0.25, 0.3) is 0 Å². The molecule has 0 bridgehead atoms. The van der Waals surface area contributed by atoms with Crippen molar-refractivity contribution in [2.75, 3.05) is 24.7 Å². The van der Waals surface area contributed by atoms with Gasteiger partial charge in [-0.3, -0.25) is 9.10 Å². The Balaban J connectivity index is 2.25. The summed E-state index contributed by atoms with van der Waals surface area (Å²) in [5, 5.41) is 0. The highest BCUT2D eigenvalue weighted by atomic mass is 32.2. The summed E-state index contributed by atoms with van der Waals surface area (Å²) in [6.07, 6.45) is 1.10. The lowest BCUT2D eigenvalue weighted by Crippen LogP contribution is -2.48. The van der Waals surface area contributed by atoms with Gasteiger partial charge in [0.25, 0.3) is 0 Å². The number of methoxy groups -OCH3 is 1. The quantitative estimate of drug-likeness (QED) is 0.745. The minimum atomic E-state index is -3.62. The molecule has 1 amide bonds. The van der Waals surface area contributed by atoms with Gasteiger partial charge in [0.15, 0.2) is 0 Å². The summed E-state index contributed by atoms with van der Waals surface area (Å²) >= 11 is 0. The molecule has 2 aromatic carbocycles. The molecule has 0 heterocycles. The highest BCUT2D eigenvalue weighted by Crippen LogP contribution is 2.23. The third kappa shape index (κ3) is 4.54. The molecule has 0 radical (unpaired) electrons. The summed E-state index contributed by atoms with van der Waals surface area (Å²) < 4.78 is 31.0. The Labute approximate surface area is 155 Å². The normalized spacial score (nSPS) is 12.3. The molecule has 0 unspecified atom stereocenters. The third-order valence-corrected chi connectivity index (χ3v) is 5.30. The molecule has 0 saturated heterocycles. The summed E-state index contributed by atoms with van der Waals surface area (Å²) in [5.74, 6) is 0.382. The first kappa shape index (κ1) is 19.8. The number of rotatable bonds is 7. The van der Waals surface area contributed by atoms with Crippen molar-refractivity contribution >= 4 is 21.6 Å². The number of para-hydroxylation sites is 2. The number of amides is 1. The van der Waals surface area contributed by atoms with E-state index >= 15 is 0 Å². The SMILES string of the molecule is COc1ccccc1CN(C)C(=O)[C@@H](C)N(c1ccccc1)S(C)(=O)=O. The maximum absolute atomic E-state index is 12.9. The van der Waals surface area contributed by atoms with Crippen LogP contribution in [0.5, 0.6) is 5.75 Å². The molecule has 0 fully saturated rings. The van der Waals surface area contributed by atoms with Crippen LogP contribution in [-0.2, 0) is 21.4 Å². The largest absolute Gasteiger partial charge is 0.496 e. The van der Waals surface area contributed by atoms with E-state index in [0.29, 0.717) is 18.0 Å². The predicted octanol–water partition coefficient (Wildman–Crippen LogP) is 2.51. The number of sulfonamides is 1. The fourth-order valence-corrected chi connectivity index (χ4v) is 4.03. The minimum Gasteiger partial charge on any atom is -0.496 e. The molecule has 2 rings (SSSR count). The number of hydrogen-bond donors (Lipinski definition) is 0. The van der Waals surface area contributed by atoms with E-state index in [1.54, 1.807) is 51.4 Å². The van der Waals surface area contributed by atoms with Gasteiger partial charge in [0.1, 0.15) is 11.8 Å². The Morgan fingerprint density at radius 3 is 2.23 bits per heavy atom. The minimum absolute atomic E-state index is 0.301. The van der Waals surface area contributed by atoms with Gasteiger partial charge in [0, 0.05) is 19.2 Å². The van der Waals surface area contributed by atoms with Gasteiger partial charge < -0.3 is 9.64 Å². The van der Waals surface area contributed by atoms with Crippen molar-refractivity contribution in [2.45, 2.75) is 19.5 Å². The molecule has 0 aromatic heterocycles. The molecule has 0 aliphatic heterocycles. The molecule has 7 heteroatoms. The maximum atomic E-state index is 12.9. The van der Waals surface area contributed by atoms with Crippen molar-refractivity contribution in [3.05, 3.63) is 60.2 Å². The molecule has 0 saturated carbocycles. The summed E-state index contributed by atoms with van der Waals surface area (Å²) in [7, 11) is -0.397. The molecule has 0 aliphatic rings. The maximum Gasteiger partial charge on any atom is 0.246 e. The molecule has 0 N–H and O–H groups in total. The van der Waals surface area contributed by atoms with Crippen LogP contribution in [0.1, 0.15) is 12.5 Å². The van der Waals surface area contributed by atoms with E-state index in [-0.39, 0.29) is 5.91 Å². The van der Waals surface area contributed by atoms with Crippen molar-refractivity contribution in [3.63, 3.8) is 0 Å². The Morgan fingerprint density at radius 2 is 1.65 bits per heavy atom. The smallest absolute Gasteiger partial charge is 0.246 e. The van der Waals surface area contributed by atoms with Gasteiger partial charge in [0.05, 0.1) is 19.1 Å². The average molecular weight is 376 g/mol. The van der Waals surface area contributed by atoms with Crippen LogP contribution in [0.2, 0.25) is 0 Å². The average Bonchev–Trinajstić information content (AvgIpc) is 2.61. The van der Waals surface area contributed by atoms with E-state index in [0.717, 1.165) is 16.1 Å². The molecule has 26 heavy (non-hydrogen) atoms. The second-order valence-electron chi connectivity index (χ2n) is 6.08.